The molecule has 1 heterocycles. The summed E-state index contributed by atoms with van der Waals surface area (Å²) in [6, 6.07) is 22.7. The number of hydrogen-bond donors (Lipinski definition) is 2. The number of benzene rings is 4. The highest BCUT2D eigenvalue weighted by atomic mass is 79.9. The summed E-state index contributed by atoms with van der Waals surface area (Å²) in [4.78, 5) is 29.3. The SMILES string of the molecule is Cc1ccc2[nH]c(C(=O)NN=Cc3cc(Br)ccc3OC(=O)c3ccc(Cl)cc3Cl)c(-c3ccccc3Cl)c2c1. The van der Waals surface area contributed by atoms with Crippen LogP contribution in [0.3, 0.4) is 0 Å². The monoisotopic (exact) mass is 653 g/mol. The van der Waals surface area contributed by atoms with Crippen LogP contribution in [0.5, 0.6) is 5.75 Å². The maximum Gasteiger partial charge on any atom is 0.345 e. The van der Waals surface area contributed by atoms with E-state index in [1.807, 2.05) is 43.3 Å². The van der Waals surface area contributed by atoms with Gasteiger partial charge in [-0.1, -0.05) is 80.6 Å². The van der Waals surface area contributed by atoms with Crippen LogP contribution in [0.15, 0.2) is 88.4 Å². The van der Waals surface area contributed by atoms with Crippen LogP contribution in [0.1, 0.15) is 32.0 Å². The van der Waals surface area contributed by atoms with Crippen molar-refractivity contribution in [3.8, 4) is 16.9 Å². The van der Waals surface area contributed by atoms with Gasteiger partial charge in [0, 0.05) is 42.1 Å². The fourth-order valence-electron chi connectivity index (χ4n) is 4.16. The molecule has 0 unspecified atom stereocenters. The summed E-state index contributed by atoms with van der Waals surface area (Å²) in [6.07, 6.45) is 1.39. The number of aryl methyl sites for hydroxylation is 1. The van der Waals surface area contributed by atoms with Gasteiger partial charge in [0.15, 0.2) is 0 Å². The quantitative estimate of drug-likeness (QED) is 0.0830. The van der Waals surface area contributed by atoms with E-state index in [0.717, 1.165) is 26.5 Å². The molecule has 10 heteroatoms. The number of H-pyrrole nitrogens is 1. The first kappa shape index (κ1) is 27.9. The van der Waals surface area contributed by atoms with Crippen LogP contribution in [0.2, 0.25) is 15.1 Å². The third kappa shape index (κ3) is 5.93. The molecule has 0 radical (unpaired) electrons. The average molecular weight is 656 g/mol. The van der Waals surface area contributed by atoms with Crippen LogP contribution in [-0.2, 0) is 0 Å². The van der Waals surface area contributed by atoms with Crippen molar-refractivity contribution in [3.05, 3.63) is 121 Å². The molecule has 4 aromatic carbocycles. The summed E-state index contributed by atoms with van der Waals surface area (Å²) in [5.74, 6) is -0.919. The molecule has 0 fully saturated rings. The lowest BCUT2D eigenvalue weighted by atomic mass is 10.0. The van der Waals surface area contributed by atoms with E-state index in [4.69, 9.17) is 39.5 Å². The first-order chi connectivity index (χ1) is 19.2. The summed E-state index contributed by atoms with van der Waals surface area (Å²) in [6.45, 7) is 1.98. The predicted molar refractivity (Wildman–Crippen MR) is 164 cm³/mol. The smallest absolute Gasteiger partial charge is 0.345 e. The van der Waals surface area contributed by atoms with Crippen molar-refractivity contribution in [1.82, 2.24) is 10.4 Å². The minimum absolute atomic E-state index is 0.159. The van der Waals surface area contributed by atoms with Gasteiger partial charge in [-0.05, 0) is 61.5 Å². The standard InChI is InChI=1S/C30H19BrCl3N3O3/c1-16-6-10-25-22(12-16)27(20-4-2-3-5-23(20)33)28(36-25)29(38)37-35-15-17-13-18(31)7-11-26(17)40-30(39)21-9-8-19(32)14-24(21)34/h2-15,36H,1H3,(H,37,38). The van der Waals surface area contributed by atoms with Crippen molar-refractivity contribution in [1.29, 1.82) is 0 Å². The zero-order valence-electron chi connectivity index (χ0n) is 20.8. The summed E-state index contributed by atoms with van der Waals surface area (Å²) in [5.41, 5.74) is 6.70. The van der Waals surface area contributed by atoms with E-state index in [9.17, 15) is 9.59 Å². The Morgan fingerprint density at radius 1 is 0.950 bits per heavy atom. The molecule has 0 aliphatic carbocycles. The fourth-order valence-corrected chi connectivity index (χ4v) is 5.25. The van der Waals surface area contributed by atoms with E-state index in [0.29, 0.717) is 26.9 Å². The number of carbonyl (C=O) groups is 2. The Balaban J connectivity index is 1.43. The lowest BCUT2D eigenvalue weighted by molar-refractivity contribution is 0.0734. The zero-order valence-corrected chi connectivity index (χ0v) is 24.6. The predicted octanol–water partition coefficient (Wildman–Crippen LogP) is 8.85. The minimum Gasteiger partial charge on any atom is -0.422 e. The average Bonchev–Trinajstić information content (AvgIpc) is 3.28. The highest BCUT2D eigenvalue weighted by Crippen LogP contribution is 2.37. The van der Waals surface area contributed by atoms with Crippen molar-refractivity contribution in [2.75, 3.05) is 0 Å². The molecule has 40 heavy (non-hydrogen) atoms. The number of hydrazone groups is 1. The van der Waals surface area contributed by atoms with Crippen LogP contribution in [0.25, 0.3) is 22.0 Å². The van der Waals surface area contributed by atoms with Gasteiger partial charge in [0.25, 0.3) is 5.91 Å². The molecule has 2 N–H and O–H groups in total. The third-order valence-corrected chi connectivity index (χ3v) is 7.39. The molecule has 200 valence electrons. The second kappa shape index (κ2) is 11.9. The summed E-state index contributed by atoms with van der Waals surface area (Å²) < 4.78 is 6.30. The number of aromatic nitrogens is 1. The van der Waals surface area contributed by atoms with Crippen molar-refractivity contribution < 1.29 is 14.3 Å². The number of esters is 1. The number of amides is 1. The van der Waals surface area contributed by atoms with E-state index in [2.05, 4.69) is 31.4 Å². The van der Waals surface area contributed by atoms with E-state index >= 15 is 0 Å². The van der Waals surface area contributed by atoms with Crippen LogP contribution < -0.4 is 10.2 Å². The van der Waals surface area contributed by atoms with E-state index < -0.39 is 11.9 Å². The van der Waals surface area contributed by atoms with Gasteiger partial charge >= 0.3 is 5.97 Å². The van der Waals surface area contributed by atoms with Crippen LogP contribution in [-0.4, -0.2) is 23.1 Å². The second-order valence-corrected chi connectivity index (χ2v) is 11.0. The lowest BCUT2D eigenvalue weighted by Gasteiger charge is -2.09. The summed E-state index contributed by atoms with van der Waals surface area (Å²) in [5, 5.41) is 6.09. The maximum absolute atomic E-state index is 13.4. The number of ether oxygens (including phenoxy) is 1. The minimum atomic E-state index is -0.666. The third-order valence-electron chi connectivity index (χ3n) is 6.02. The number of hydrogen-bond acceptors (Lipinski definition) is 4. The first-order valence-electron chi connectivity index (χ1n) is 11.9. The number of nitrogens with zero attached hydrogens (tertiary/aromatic N) is 1. The molecule has 0 aliphatic rings. The van der Waals surface area contributed by atoms with Crippen LogP contribution >= 0.6 is 50.7 Å². The van der Waals surface area contributed by atoms with Gasteiger partial charge in [-0.3, -0.25) is 4.79 Å². The molecule has 0 aliphatic heterocycles. The molecule has 5 rings (SSSR count). The number of fused-ring (bicyclic) bond motifs is 1. The van der Waals surface area contributed by atoms with Crippen molar-refractivity contribution in [2.45, 2.75) is 6.92 Å². The van der Waals surface area contributed by atoms with E-state index in [1.54, 1.807) is 30.3 Å². The molecule has 5 aromatic rings. The van der Waals surface area contributed by atoms with Crippen LogP contribution in [0.4, 0.5) is 0 Å². The van der Waals surface area contributed by atoms with E-state index in [1.165, 1.54) is 18.3 Å². The highest BCUT2D eigenvalue weighted by molar-refractivity contribution is 9.10. The van der Waals surface area contributed by atoms with Gasteiger partial charge in [0.1, 0.15) is 11.4 Å². The Morgan fingerprint density at radius 2 is 1.75 bits per heavy atom. The molecular formula is C30H19BrCl3N3O3. The van der Waals surface area contributed by atoms with Gasteiger partial charge in [-0.25, -0.2) is 10.2 Å². The van der Waals surface area contributed by atoms with Gasteiger partial charge in [-0.15, -0.1) is 0 Å². The summed E-state index contributed by atoms with van der Waals surface area (Å²) in [7, 11) is 0. The van der Waals surface area contributed by atoms with E-state index in [-0.39, 0.29) is 16.3 Å². The Kier molecular flexibility index (Phi) is 8.28. The normalized spacial score (nSPS) is 11.2. The van der Waals surface area contributed by atoms with Crippen molar-refractivity contribution in [2.24, 2.45) is 5.10 Å². The van der Waals surface area contributed by atoms with Crippen molar-refractivity contribution in [3.63, 3.8) is 0 Å². The topological polar surface area (TPSA) is 83.6 Å². The molecule has 1 aromatic heterocycles. The van der Waals surface area contributed by atoms with Gasteiger partial charge in [0.2, 0.25) is 0 Å². The number of halogens is 4. The molecule has 1 amide bonds. The number of aromatic amines is 1. The van der Waals surface area contributed by atoms with Gasteiger partial charge < -0.3 is 9.72 Å². The number of carbonyl (C=O) groups excluding carboxylic acids is 2. The van der Waals surface area contributed by atoms with Crippen molar-refractivity contribution >= 4 is 79.7 Å². The second-order valence-electron chi connectivity index (χ2n) is 8.80. The largest absolute Gasteiger partial charge is 0.422 e. The first-order valence-corrected chi connectivity index (χ1v) is 13.8. The molecule has 0 spiro atoms. The molecule has 0 bridgehead atoms. The molecule has 0 saturated carbocycles. The molecule has 6 nitrogen and oxygen atoms in total. The Bertz CT molecular complexity index is 1820. The zero-order chi connectivity index (χ0) is 28.4. The molecule has 0 saturated heterocycles. The molecule has 0 atom stereocenters. The fraction of sp³-hybridized carbons (Fsp3) is 0.0333. The molecular weight excluding hydrogens is 637 g/mol. The summed E-state index contributed by atoms with van der Waals surface area (Å²) >= 11 is 22.0. The van der Waals surface area contributed by atoms with Crippen LogP contribution in [0, 0.1) is 6.92 Å². The Morgan fingerprint density at radius 3 is 2.52 bits per heavy atom. The number of nitrogens with one attached hydrogen (secondary N) is 2. The van der Waals surface area contributed by atoms with Gasteiger partial charge in [0.05, 0.1) is 16.8 Å². The highest BCUT2D eigenvalue weighted by Gasteiger charge is 2.21. The lowest BCUT2D eigenvalue weighted by Crippen LogP contribution is -2.19. The van der Waals surface area contributed by atoms with Gasteiger partial charge in [-0.2, -0.15) is 5.10 Å². The number of rotatable bonds is 6. The Hall–Kier alpha value is -3.62. The maximum atomic E-state index is 13.4. The Labute approximate surface area is 253 Å².